The quantitative estimate of drug-likeness (QED) is 0.566. The summed E-state index contributed by atoms with van der Waals surface area (Å²) in [5, 5.41) is 18.5. The molecule has 1 aromatic heterocycles. The molecule has 0 aliphatic carbocycles. The minimum Gasteiger partial charge on any atom is -0.394 e. The molecule has 4 atom stereocenters. The molecule has 1 fully saturated rings. The van der Waals surface area contributed by atoms with Crippen molar-refractivity contribution in [3.05, 3.63) is 22.7 Å². The Morgan fingerprint density at radius 2 is 2.56 bits per heavy atom. The summed E-state index contributed by atoms with van der Waals surface area (Å²) in [7, 11) is 0. The van der Waals surface area contributed by atoms with Crippen LogP contribution in [0.1, 0.15) is 14.0 Å². The van der Waals surface area contributed by atoms with E-state index in [2.05, 4.69) is 4.98 Å². The number of ether oxygens (including phenoxy) is 1. The van der Waals surface area contributed by atoms with Crippen LogP contribution < -0.4 is 11.4 Å². The van der Waals surface area contributed by atoms with Crippen LogP contribution in [0.2, 0.25) is 0 Å². The Kier molecular flexibility index (Phi) is 2.56. The molecule has 0 bridgehead atoms. The lowest BCUT2D eigenvalue weighted by Gasteiger charge is -2.13. The largest absolute Gasteiger partial charge is 0.394 e. The molecule has 7 nitrogen and oxygen atoms in total. The predicted molar refractivity (Wildman–Crippen MR) is 54.5 cm³/mol. The summed E-state index contributed by atoms with van der Waals surface area (Å²) in [5.74, 6) is 0.0741. The van der Waals surface area contributed by atoms with Gasteiger partial charge in [0.2, 0.25) is 0 Å². The first-order valence-corrected chi connectivity index (χ1v) is 4.76. The Balaban J connectivity index is 2.32. The van der Waals surface area contributed by atoms with E-state index in [1.165, 1.54) is 12.3 Å². The second-order valence-electron chi connectivity index (χ2n) is 3.47. The van der Waals surface area contributed by atoms with Gasteiger partial charge >= 0.3 is 5.69 Å². The molecule has 0 radical (unpaired) electrons. The Bertz CT molecular complexity index is 466. The number of nitrogens with two attached hydrogens (primary N) is 1. The molecule has 0 amide bonds. The highest BCUT2D eigenvalue weighted by molar-refractivity contribution is 5.23. The molecule has 4 N–H and O–H groups in total. The molecule has 7 heteroatoms. The van der Waals surface area contributed by atoms with E-state index in [1.807, 2.05) is 0 Å². The number of aliphatic hydroxyl groups excluding tert-OH is 2. The third kappa shape index (κ3) is 1.92. The van der Waals surface area contributed by atoms with Crippen LogP contribution in [0, 0.1) is 0 Å². The molecule has 2 rings (SSSR count). The van der Waals surface area contributed by atoms with Crippen molar-refractivity contribution in [2.24, 2.45) is 0 Å². The van der Waals surface area contributed by atoms with Gasteiger partial charge in [-0.3, -0.25) is 4.57 Å². The summed E-state index contributed by atoms with van der Waals surface area (Å²) >= 11 is 0. The van der Waals surface area contributed by atoms with E-state index in [4.69, 9.17) is 16.9 Å². The van der Waals surface area contributed by atoms with Crippen LogP contribution in [0.4, 0.5) is 5.82 Å². The molecule has 2 heterocycles. The normalized spacial score (nSPS) is 35.0. The first kappa shape index (κ1) is 9.76. The van der Waals surface area contributed by atoms with Gasteiger partial charge in [-0.25, -0.2) is 4.79 Å². The van der Waals surface area contributed by atoms with Crippen molar-refractivity contribution in [3.63, 3.8) is 0 Å². The molecular weight excluding hydrogens is 214 g/mol. The maximum Gasteiger partial charge on any atom is 0.351 e. The molecule has 1 aliphatic heterocycles. The Hall–Kier alpha value is -1.44. The minimum atomic E-state index is -1.14. The van der Waals surface area contributed by atoms with Gasteiger partial charge in [0, 0.05) is 14.0 Å². The van der Waals surface area contributed by atoms with Crippen molar-refractivity contribution in [3.8, 4) is 0 Å². The third-order valence-electron chi connectivity index (χ3n) is 2.36. The number of aromatic nitrogens is 2. The second-order valence-corrected chi connectivity index (χ2v) is 3.47. The minimum absolute atomic E-state index is 0.0741. The van der Waals surface area contributed by atoms with Crippen molar-refractivity contribution in [1.82, 2.24) is 9.55 Å². The fourth-order valence-electron chi connectivity index (χ4n) is 1.53. The maximum atomic E-state index is 11.5. The summed E-state index contributed by atoms with van der Waals surface area (Å²) in [6.07, 6.45) is -2.69. The summed E-state index contributed by atoms with van der Waals surface area (Å²) in [6, 6.07) is 1.40. The van der Waals surface area contributed by atoms with Crippen molar-refractivity contribution in [2.75, 3.05) is 12.3 Å². The monoisotopic (exact) mass is 228 g/mol. The van der Waals surface area contributed by atoms with Crippen LogP contribution in [-0.2, 0) is 4.74 Å². The molecule has 1 aromatic rings. The second kappa shape index (κ2) is 4.20. The zero-order valence-electron chi connectivity index (χ0n) is 9.35. The number of hydrogen-bond donors (Lipinski definition) is 3. The fraction of sp³-hybridized carbons (Fsp3) is 0.556. The van der Waals surface area contributed by atoms with E-state index in [-0.39, 0.29) is 5.82 Å². The van der Waals surface area contributed by atoms with E-state index < -0.39 is 37.1 Å². The van der Waals surface area contributed by atoms with Gasteiger partial charge in [0.15, 0.2) is 0 Å². The lowest BCUT2D eigenvalue weighted by atomic mass is 10.2. The molecule has 16 heavy (non-hydrogen) atoms. The predicted octanol–water partition coefficient (Wildman–Crippen LogP) is -1.53. The number of anilines is 1. The highest BCUT2D eigenvalue weighted by Gasteiger charge is 2.34. The van der Waals surface area contributed by atoms with Gasteiger partial charge in [-0.15, -0.1) is 0 Å². The van der Waals surface area contributed by atoms with E-state index >= 15 is 0 Å². The first-order valence-electron chi connectivity index (χ1n) is 5.33. The summed E-state index contributed by atoms with van der Waals surface area (Å²) in [5.41, 5.74) is 4.69. The molecular formula is C9H13N3O4. The van der Waals surface area contributed by atoms with E-state index in [0.717, 1.165) is 4.57 Å². The third-order valence-corrected chi connectivity index (χ3v) is 2.36. The smallest absolute Gasteiger partial charge is 0.351 e. The summed E-state index contributed by atoms with van der Waals surface area (Å²) < 4.78 is 14.0. The molecule has 1 aliphatic rings. The Labute approximate surface area is 92.5 Å². The van der Waals surface area contributed by atoms with E-state index in [1.54, 1.807) is 0 Å². The van der Waals surface area contributed by atoms with Crippen molar-refractivity contribution in [2.45, 2.75) is 24.8 Å². The lowest BCUT2D eigenvalue weighted by molar-refractivity contribution is -0.0458. The molecule has 0 spiro atoms. The SMILES string of the molecule is [2H][C@@H]1[C@H](O)[C@@H](CO)O[C@H]1n1ccc(N)nc1=O. The highest BCUT2D eigenvalue weighted by Crippen LogP contribution is 2.27. The van der Waals surface area contributed by atoms with Crippen molar-refractivity contribution in [1.29, 1.82) is 0 Å². The number of aliphatic hydroxyl groups is 2. The highest BCUT2D eigenvalue weighted by atomic mass is 16.5. The molecule has 0 saturated carbocycles. The molecule has 0 aromatic carbocycles. The maximum absolute atomic E-state index is 11.5. The van der Waals surface area contributed by atoms with Crippen LogP contribution in [0.25, 0.3) is 0 Å². The molecule has 0 unspecified atom stereocenters. The van der Waals surface area contributed by atoms with Crippen LogP contribution in [0.5, 0.6) is 0 Å². The van der Waals surface area contributed by atoms with E-state index in [9.17, 15) is 9.90 Å². The van der Waals surface area contributed by atoms with Gasteiger partial charge in [-0.2, -0.15) is 4.98 Å². The van der Waals surface area contributed by atoms with Gasteiger partial charge in [0.1, 0.15) is 18.1 Å². The van der Waals surface area contributed by atoms with Gasteiger partial charge in [-0.05, 0) is 6.07 Å². The Morgan fingerprint density at radius 3 is 3.12 bits per heavy atom. The number of rotatable bonds is 2. The summed E-state index contributed by atoms with van der Waals surface area (Å²) in [4.78, 5) is 15.0. The zero-order valence-corrected chi connectivity index (χ0v) is 8.35. The van der Waals surface area contributed by atoms with Crippen molar-refractivity contribution >= 4 is 5.82 Å². The average Bonchev–Trinajstić information content (AvgIpc) is 2.57. The standard InChI is InChI=1S/C9H13N3O4/c10-7-1-2-12(9(15)11-7)8-3-5(14)6(4-13)16-8/h1-2,5-6,8,13-14H,3-4H2,(H2,10,11,15)/t5-,6+,8+/m0/s1/i3D/t3-,5+,6-,8-/m1. The van der Waals surface area contributed by atoms with Crippen LogP contribution in [0.15, 0.2) is 17.1 Å². The van der Waals surface area contributed by atoms with E-state index in [0.29, 0.717) is 0 Å². The zero-order chi connectivity index (χ0) is 12.6. The number of nitrogens with zero attached hydrogens (tertiary/aromatic N) is 2. The van der Waals surface area contributed by atoms with Gasteiger partial charge in [-0.1, -0.05) is 0 Å². The first-order chi connectivity index (χ1) is 8.04. The van der Waals surface area contributed by atoms with Crippen molar-refractivity contribution < 1.29 is 16.3 Å². The fourth-order valence-corrected chi connectivity index (χ4v) is 1.53. The van der Waals surface area contributed by atoms with Crippen LogP contribution >= 0.6 is 0 Å². The van der Waals surface area contributed by atoms with Crippen LogP contribution in [-0.4, -0.2) is 38.6 Å². The molecule has 1 saturated heterocycles. The molecule has 88 valence electrons. The van der Waals surface area contributed by atoms with Gasteiger partial charge in [0.05, 0.1) is 12.7 Å². The summed E-state index contributed by atoms with van der Waals surface area (Å²) in [6.45, 7) is -0.413. The lowest BCUT2D eigenvalue weighted by Crippen LogP contribution is -2.27. The van der Waals surface area contributed by atoms with Gasteiger partial charge < -0.3 is 20.7 Å². The average molecular weight is 228 g/mol. The topological polar surface area (TPSA) is 111 Å². The Morgan fingerprint density at radius 1 is 1.81 bits per heavy atom. The number of hydrogen-bond acceptors (Lipinski definition) is 6. The van der Waals surface area contributed by atoms with Gasteiger partial charge in [0.25, 0.3) is 0 Å². The van der Waals surface area contributed by atoms with Crippen LogP contribution in [0.3, 0.4) is 0 Å². The number of nitrogen functional groups attached to an aromatic ring is 1.